The zero-order valence-corrected chi connectivity index (χ0v) is 21.0. The number of halogens is 2. The summed E-state index contributed by atoms with van der Waals surface area (Å²) in [5, 5.41) is 8.70. The van der Waals surface area contributed by atoms with Gasteiger partial charge in [-0.3, -0.25) is 9.59 Å². The molecular weight excluding hydrogens is 517 g/mol. The summed E-state index contributed by atoms with van der Waals surface area (Å²) < 4.78 is 20.2. The SMILES string of the molecule is COc1ccccc1CNC(=O)CSc1nc2ccc(Cl)cc2c2nc(=O)c(-c3ccc(F)cc3)nn12. The summed E-state index contributed by atoms with van der Waals surface area (Å²) in [5.74, 6) is 0.0599. The van der Waals surface area contributed by atoms with Crippen molar-refractivity contribution in [1.29, 1.82) is 0 Å². The third kappa shape index (κ3) is 5.25. The number of methoxy groups -OCH3 is 1. The summed E-state index contributed by atoms with van der Waals surface area (Å²) in [6, 6.07) is 17.9. The van der Waals surface area contributed by atoms with Gasteiger partial charge in [0.05, 0.1) is 18.4 Å². The monoisotopic (exact) mass is 535 g/mol. The minimum atomic E-state index is -0.579. The number of carbonyl (C=O) groups excluding carboxylic acids is 1. The van der Waals surface area contributed by atoms with Crippen LogP contribution in [0.1, 0.15) is 5.56 Å². The summed E-state index contributed by atoms with van der Waals surface area (Å²) >= 11 is 7.33. The Bertz CT molecular complexity index is 1690. The van der Waals surface area contributed by atoms with Crippen LogP contribution in [0.2, 0.25) is 5.02 Å². The molecule has 5 aromatic rings. The maximum absolute atomic E-state index is 13.4. The van der Waals surface area contributed by atoms with Crippen molar-refractivity contribution in [2.45, 2.75) is 11.7 Å². The molecule has 5 rings (SSSR count). The first kappa shape index (κ1) is 24.7. The molecule has 0 atom stereocenters. The average molecular weight is 536 g/mol. The smallest absolute Gasteiger partial charge is 0.300 e. The molecular formula is C26H19ClFN5O3S. The lowest BCUT2D eigenvalue weighted by molar-refractivity contribution is -0.118. The summed E-state index contributed by atoms with van der Waals surface area (Å²) in [6.45, 7) is 0.301. The molecule has 0 saturated heterocycles. The Kier molecular flexibility index (Phi) is 7.02. The van der Waals surface area contributed by atoms with Gasteiger partial charge in [0.1, 0.15) is 11.6 Å². The maximum Gasteiger partial charge on any atom is 0.300 e. The third-order valence-electron chi connectivity index (χ3n) is 5.53. The molecule has 186 valence electrons. The van der Waals surface area contributed by atoms with Crippen LogP contribution in [0, 0.1) is 5.82 Å². The van der Waals surface area contributed by atoms with E-state index in [4.69, 9.17) is 16.3 Å². The molecule has 1 N–H and O–H groups in total. The van der Waals surface area contributed by atoms with E-state index in [0.717, 1.165) is 17.3 Å². The van der Waals surface area contributed by atoms with Crippen molar-refractivity contribution in [2.75, 3.05) is 12.9 Å². The number of hydrogen-bond acceptors (Lipinski definition) is 7. The minimum absolute atomic E-state index is 0.0307. The maximum atomic E-state index is 13.4. The minimum Gasteiger partial charge on any atom is -0.496 e. The van der Waals surface area contributed by atoms with E-state index in [-0.39, 0.29) is 23.0 Å². The number of thioether (sulfide) groups is 1. The van der Waals surface area contributed by atoms with Crippen LogP contribution < -0.4 is 15.6 Å². The first-order valence-corrected chi connectivity index (χ1v) is 12.5. The number of para-hydroxylation sites is 1. The average Bonchev–Trinajstić information content (AvgIpc) is 2.91. The Morgan fingerprint density at radius 1 is 1.11 bits per heavy atom. The summed E-state index contributed by atoms with van der Waals surface area (Å²) in [7, 11) is 1.58. The Morgan fingerprint density at radius 3 is 2.68 bits per heavy atom. The van der Waals surface area contributed by atoms with E-state index in [1.165, 1.54) is 28.8 Å². The Labute approximate surface area is 219 Å². The Hall–Kier alpha value is -4.02. The molecule has 8 nitrogen and oxygen atoms in total. The lowest BCUT2D eigenvalue weighted by Gasteiger charge is -2.12. The van der Waals surface area contributed by atoms with E-state index in [9.17, 15) is 14.0 Å². The normalized spacial score (nSPS) is 11.1. The van der Waals surface area contributed by atoms with Crippen LogP contribution in [0.5, 0.6) is 5.75 Å². The highest BCUT2D eigenvalue weighted by molar-refractivity contribution is 7.99. The van der Waals surface area contributed by atoms with E-state index in [1.807, 2.05) is 24.3 Å². The number of fused-ring (bicyclic) bond motifs is 3. The van der Waals surface area contributed by atoms with Crippen LogP contribution in [0.15, 0.2) is 76.7 Å². The lowest BCUT2D eigenvalue weighted by Crippen LogP contribution is -2.25. The second kappa shape index (κ2) is 10.5. The second-order valence-corrected chi connectivity index (χ2v) is 9.32. The predicted octanol–water partition coefficient (Wildman–Crippen LogP) is 4.51. The number of hydrogen-bond donors (Lipinski definition) is 1. The van der Waals surface area contributed by atoms with Gasteiger partial charge >= 0.3 is 0 Å². The zero-order chi connectivity index (χ0) is 25.9. The van der Waals surface area contributed by atoms with E-state index in [0.29, 0.717) is 38.9 Å². The van der Waals surface area contributed by atoms with Crippen molar-refractivity contribution in [3.63, 3.8) is 0 Å². The molecule has 0 aliphatic rings. The van der Waals surface area contributed by atoms with Gasteiger partial charge in [-0.05, 0) is 48.5 Å². The fourth-order valence-corrected chi connectivity index (χ4v) is 4.68. The number of rotatable bonds is 7. The molecule has 11 heteroatoms. The van der Waals surface area contributed by atoms with E-state index < -0.39 is 11.4 Å². The van der Waals surface area contributed by atoms with Gasteiger partial charge in [-0.15, -0.1) is 0 Å². The molecule has 1 amide bonds. The van der Waals surface area contributed by atoms with Crippen molar-refractivity contribution in [3.8, 4) is 17.0 Å². The Balaban J connectivity index is 1.49. The van der Waals surface area contributed by atoms with E-state index in [1.54, 1.807) is 25.3 Å². The standard InChI is InChI=1S/C26H19ClFN5O3S/c1-36-21-5-3-2-4-16(21)13-29-22(34)14-37-26-30-20-11-8-17(27)12-19(20)24-31-25(35)23(32-33(24)26)15-6-9-18(28)10-7-15/h2-12H,13-14H2,1H3,(H,29,34). The van der Waals surface area contributed by atoms with Gasteiger partial charge in [-0.25, -0.2) is 9.37 Å². The number of benzene rings is 3. The first-order valence-electron chi connectivity index (χ1n) is 11.1. The molecule has 0 spiro atoms. The second-order valence-electron chi connectivity index (χ2n) is 7.94. The molecule has 2 heterocycles. The highest BCUT2D eigenvalue weighted by Gasteiger charge is 2.17. The van der Waals surface area contributed by atoms with Crippen molar-refractivity contribution in [3.05, 3.63) is 93.5 Å². The highest BCUT2D eigenvalue weighted by Crippen LogP contribution is 2.26. The van der Waals surface area contributed by atoms with Crippen LogP contribution in [0.3, 0.4) is 0 Å². The molecule has 3 aromatic carbocycles. The summed E-state index contributed by atoms with van der Waals surface area (Å²) in [4.78, 5) is 34.4. The van der Waals surface area contributed by atoms with E-state index in [2.05, 4.69) is 20.4 Å². The Morgan fingerprint density at radius 2 is 1.89 bits per heavy atom. The zero-order valence-electron chi connectivity index (χ0n) is 19.4. The van der Waals surface area contributed by atoms with E-state index >= 15 is 0 Å². The van der Waals surface area contributed by atoms with Gasteiger partial charge in [0.2, 0.25) is 5.91 Å². The van der Waals surface area contributed by atoms with Gasteiger partial charge in [0.25, 0.3) is 5.56 Å². The van der Waals surface area contributed by atoms with Crippen LogP contribution in [-0.2, 0) is 11.3 Å². The van der Waals surface area contributed by atoms with Crippen LogP contribution >= 0.6 is 23.4 Å². The third-order valence-corrected chi connectivity index (χ3v) is 6.69. The predicted molar refractivity (Wildman–Crippen MR) is 141 cm³/mol. The molecule has 0 bridgehead atoms. The van der Waals surface area contributed by atoms with Crippen LogP contribution in [0.4, 0.5) is 4.39 Å². The summed E-state index contributed by atoms with van der Waals surface area (Å²) in [6.07, 6.45) is 0. The van der Waals surface area contributed by atoms with Gasteiger partial charge in [-0.2, -0.15) is 14.6 Å². The lowest BCUT2D eigenvalue weighted by atomic mass is 10.1. The summed E-state index contributed by atoms with van der Waals surface area (Å²) in [5.41, 5.74) is 1.50. The fraction of sp³-hybridized carbons (Fsp3) is 0.115. The van der Waals surface area contributed by atoms with Gasteiger partial charge in [0.15, 0.2) is 16.5 Å². The first-order chi connectivity index (χ1) is 17.9. The number of carbonyl (C=O) groups is 1. The number of nitrogens with zero attached hydrogens (tertiary/aromatic N) is 4. The van der Waals surface area contributed by atoms with Crippen LogP contribution in [-0.4, -0.2) is 38.4 Å². The number of nitrogens with one attached hydrogen (secondary N) is 1. The number of aromatic nitrogens is 4. The molecule has 0 fully saturated rings. The molecule has 2 aromatic heterocycles. The molecule has 37 heavy (non-hydrogen) atoms. The van der Waals surface area contributed by atoms with Crippen molar-refractivity contribution < 1.29 is 13.9 Å². The van der Waals surface area contributed by atoms with Gasteiger partial charge in [0, 0.05) is 28.1 Å². The molecule has 0 unspecified atom stereocenters. The quantitative estimate of drug-likeness (QED) is 0.186. The highest BCUT2D eigenvalue weighted by atomic mass is 35.5. The molecule has 0 radical (unpaired) electrons. The van der Waals surface area contributed by atoms with Crippen molar-refractivity contribution >= 4 is 45.8 Å². The number of amides is 1. The van der Waals surface area contributed by atoms with Gasteiger partial charge < -0.3 is 10.1 Å². The fourth-order valence-electron chi connectivity index (χ4n) is 3.74. The number of ether oxygens (including phenoxy) is 1. The molecule has 0 aliphatic carbocycles. The van der Waals surface area contributed by atoms with Crippen molar-refractivity contribution in [2.24, 2.45) is 0 Å². The largest absolute Gasteiger partial charge is 0.496 e. The van der Waals surface area contributed by atoms with Crippen LogP contribution in [0.25, 0.3) is 27.8 Å². The molecule has 0 aliphatic heterocycles. The van der Waals surface area contributed by atoms with Gasteiger partial charge in [-0.1, -0.05) is 41.6 Å². The van der Waals surface area contributed by atoms with Crippen molar-refractivity contribution in [1.82, 2.24) is 24.9 Å². The molecule has 0 saturated carbocycles. The topological polar surface area (TPSA) is 98.5 Å².